The van der Waals surface area contributed by atoms with Crippen LogP contribution in [0.1, 0.15) is 24.2 Å². The fraction of sp³-hybridized carbons (Fsp3) is 0.143. The highest BCUT2D eigenvalue weighted by Crippen LogP contribution is 2.36. The Hall–Kier alpha value is -1.54. The van der Waals surface area contributed by atoms with E-state index < -0.39 is 6.10 Å². The van der Waals surface area contributed by atoms with Crippen molar-refractivity contribution in [3.63, 3.8) is 0 Å². The summed E-state index contributed by atoms with van der Waals surface area (Å²) in [4.78, 5) is 4.98. The van der Waals surface area contributed by atoms with Crippen molar-refractivity contribution in [2.75, 3.05) is 0 Å². The number of aliphatic hydroxyl groups excluding tert-OH is 1. The Bertz CT molecular complexity index is 638. The highest BCUT2D eigenvalue weighted by Gasteiger charge is 2.12. The molecule has 1 aromatic heterocycles. The molecule has 0 spiro atoms. The molecule has 0 fully saturated rings. The van der Waals surface area contributed by atoms with E-state index >= 15 is 0 Å². The lowest BCUT2D eigenvalue weighted by Crippen LogP contribution is -1.95. The highest BCUT2D eigenvalue weighted by molar-refractivity contribution is 7.99. The third-order valence-corrected chi connectivity index (χ3v) is 4.03. The maximum atomic E-state index is 9.77. The summed E-state index contributed by atoms with van der Waals surface area (Å²) in [7, 11) is 0. The minimum absolute atomic E-state index is 0.541. The van der Waals surface area contributed by atoms with Crippen molar-refractivity contribution in [1.29, 1.82) is 5.26 Å². The molecular formula is C14H11ClN2OS. The maximum absolute atomic E-state index is 9.77. The van der Waals surface area contributed by atoms with Crippen molar-refractivity contribution in [2.45, 2.75) is 22.9 Å². The summed E-state index contributed by atoms with van der Waals surface area (Å²) in [5.74, 6) is 0. The van der Waals surface area contributed by atoms with E-state index in [1.165, 1.54) is 11.8 Å². The fourth-order valence-electron chi connectivity index (χ4n) is 1.59. The Morgan fingerprint density at radius 2 is 2.21 bits per heavy atom. The molecule has 1 aromatic carbocycles. The Morgan fingerprint density at radius 1 is 1.42 bits per heavy atom. The van der Waals surface area contributed by atoms with Crippen LogP contribution in [0.25, 0.3) is 0 Å². The van der Waals surface area contributed by atoms with Crippen LogP contribution in [0.2, 0.25) is 5.02 Å². The van der Waals surface area contributed by atoms with Gasteiger partial charge in [0.15, 0.2) is 0 Å². The van der Waals surface area contributed by atoms with Gasteiger partial charge in [-0.3, -0.25) is 0 Å². The Balaban J connectivity index is 2.44. The number of nitrogens with zero attached hydrogens (tertiary/aromatic N) is 2. The normalized spacial score (nSPS) is 11.9. The van der Waals surface area contributed by atoms with Crippen LogP contribution >= 0.6 is 23.4 Å². The third kappa shape index (κ3) is 3.27. The predicted molar refractivity (Wildman–Crippen MR) is 75.2 cm³/mol. The van der Waals surface area contributed by atoms with Gasteiger partial charge in [0.05, 0.1) is 22.8 Å². The molecule has 1 N–H and O–H groups in total. The molecule has 96 valence electrons. The van der Waals surface area contributed by atoms with Crippen LogP contribution in [0.5, 0.6) is 0 Å². The van der Waals surface area contributed by atoms with Crippen molar-refractivity contribution in [3.8, 4) is 6.07 Å². The molecule has 1 heterocycles. The van der Waals surface area contributed by atoms with Gasteiger partial charge in [0.25, 0.3) is 0 Å². The van der Waals surface area contributed by atoms with Crippen molar-refractivity contribution >= 4 is 23.4 Å². The Kier molecular flexibility index (Phi) is 4.43. The number of aliphatic hydroxyl groups is 1. The largest absolute Gasteiger partial charge is 0.389 e. The zero-order valence-electron chi connectivity index (χ0n) is 10.2. The van der Waals surface area contributed by atoms with Gasteiger partial charge in [0.1, 0.15) is 5.03 Å². The first-order chi connectivity index (χ1) is 9.11. The number of halogens is 1. The third-order valence-electron chi connectivity index (χ3n) is 2.52. The van der Waals surface area contributed by atoms with Crippen molar-refractivity contribution < 1.29 is 5.11 Å². The number of nitriles is 1. The average molecular weight is 291 g/mol. The monoisotopic (exact) mass is 290 g/mol. The molecule has 1 unspecified atom stereocenters. The number of pyridine rings is 1. The lowest BCUT2D eigenvalue weighted by Gasteiger charge is -2.12. The molecule has 0 saturated heterocycles. The van der Waals surface area contributed by atoms with Crippen LogP contribution in [0.4, 0.5) is 0 Å². The minimum atomic E-state index is -0.613. The van der Waals surface area contributed by atoms with Gasteiger partial charge in [-0.05, 0) is 36.8 Å². The first kappa shape index (κ1) is 13.9. The van der Waals surface area contributed by atoms with E-state index in [1.54, 1.807) is 43.5 Å². The van der Waals surface area contributed by atoms with Crippen molar-refractivity contribution in [3.05, 3.63) is 52.7 Å². The molecule has 0 saturated carbocycles. The van der Waals surface area contributed by atoms with E-state index in [-0.39, 0.29) is 0 Å². The van der Waals surface area contributed by atoms with E-state index in [0.29, 0.717) is 15.6 Å². The number of aromatic nitrogens is 1. The zero-order chi connectivity index (χ0) is 13.8. The molecule has 0 aliphatic rings. The van der Waals surface area contributed by atoms with Gasteiger partial charge >= 0.3 is 0 Å². The van der Waals surface area contributed by atoms with Gasteiger partial charge in [-0.2, -0.15) is 5.26 Å². The Morgan fingerprint density at radius 3 is 2.84 bits per heavy atom. The van der Waals surface area contributed by atoms with Crippen molar-refractivity contribution in [1.82, 2.24) is 4.98 Å². The quantitative estimate of drug-likeness (QED) is 0.934. The predicted octanol–water partition coefficient (Wildman–Crippen LogP) is 3.81. The van der Waals surface area contributed by atoms with E-state index in [9.17, 15) is 5.11 Å². The van der Waals surface area contributed by atoms with E-state index in [0.717, 1.165) is 10.5 Å². The smallest absolute Gasteiger partial charge is 0.119 e. The lowest BCUT2D eigenvalue weighted by molar-refractivity contribution is 0.196. The molecule has 0 bridgehead atoms. The maximum Gasteiger partial charge on any atom is 0.119 e. The van der Waals surface area contributed by atoms with Gasteiger partial charge in [-0.25, -0.2) is 4.98 Å². The number of rotatable bonds is 3. The lowest BCUT2D eigenvalue weighted by atomic mass is 10.1. The minimum Gasteiger partial charge on any atom is -0.389 e. The number of benzene rings is 1. The average Bonchev–Trinajstić information content (AvgIpc) is 2.41. The van der Waals surface area contributed by atoms with Gasteiger partial charge in [-0.1, -0.05) is 29.4 Å². The molecule has 3 nitrogen and oxygen atoms in total. The molecule has 1 atom stereocenters. The molecule has 2 aromatic rings. The summed E-state index contributed by atoms with van der Waals surface area (Å²) >= 11 is 7.41. The first-order valence-electron chi connectivity index (χ1n) is 5.62. The molecule has 0 aliphatic carbocycles. The molecular weight excluding hydrogens is 280 g/mol. The number of hydrogen-bond donors (Lipinski definition) is 1. The van der Waals surface area contributed by atoms with Crippen LogP contribution in [0, 0.1) is 11.3 Å². The summed E-state index contributed by atoms with van der Waals surface area (Å²) in [6.45, 7) is 1.69. The van der Waals surface area contributed by atoms with Gasteiger partial charge in [0, 0.05) is 11.1 Å². The second-order valence-corrected chi connectivity index (χ2v) is 5.37. The van der Waals surface area contributed by atoms with Crippen LogP contribution in [0.15, 0.2) is 46.5 Å². The van der Waals surface area contributed by atoms with Crippen LogP contribution in [-0.4, -0.2) is 10.1 Å². The van der Waals surface area contributed by atoms with Crippen LogP contribution < -0.4 is 0 Å². The van der Waals surface area contributed by atoms with Gasteiger partial charge in [0.2, 0.25) is 0 Å². The topological polar surface area (TPSA) is 56.9 Å². The van der Waals surface area contributed by atoms with Gasteiger partial charge < -0.3 is 5.11 Å². The van der Waals surface area contributed by atoms with Crippen LogP contribution in [0.3, 0.4) is 0 Å². The van der Waals surface area contributed by atoms with Crippen LogP contribution in [-0.2, 0) is 0 Å². The van der Waals surface area contributed by atoms with Gasteiger partial charge in [-0.15, -0.1) is 0 Å². The Labute approximate surface area is 120 Å². The second kappa shape index (κ2) is 6.07. The second-order valence-electron chi connectivity index (χ2n) is 3.93. The molecule has 5 heteroatoms. The molecule has 0 radical (unpaired) electrons. The number of hydrogen-bond acceptors (Lipinski definition) is 4. The summed E-state index contributed by atoms with van der Waals surface area (Å²) in [5.41, 5.74) is 1.30. The molecule has 0 aliphatic heterocycles. The fourth-order valence-corrected chi connectivity index (χ4v) is 2.85. The standard InChI is InChI=1S/C14H11ClN2OS/c1-9(18)11-5-4-10(8-16)7-13(11)19-14-12(15)3-2-6-17-14/h2-7,9,18H,1H3. The van der Waals surface area contributed by atoms with E-state index in [4.69, 9.17) is 16.9 Å². The summed E-state index contributed by atoms with van der Waals surface area (Å²) in [5, 5.41) is 19.9. The first-order valence-corrected chi connectivity index (χ1v) is 6.81. The molecule has 2 rings (SSSR count). The SMILES string of the molecule is CC(O)c1ccc(C#N)cc1Sc1ncccc1Cl. The molecule has 0 amide bonds. The zero-order valence-corrected chi connectivity index (χ0v) is 11.7. The summed E-state index contributed by atoms with van der Waals surface area (Å²) in [6, 6.07) is 10.8. The highest BCUT2D eigenvalue weighted by atomic mass is 35.5. The van der Waals surface area contributed by atoms with E-state index in [2.05, 4.69) is 11.1 Å². The summed E-state index contributed by atoms with van der Waals surface area (Å²) < 4.78 is 0. The van der Waals surface area contributed by atoms with E-state index in [1.807, 2.05) is 0 Å². The summed E-state index contributed by atoms with van der Waals surface area (Å²) in [6.07, 6.45) is 1.04. The molecule has 19 heavy (non-hydrogen) atoms. The van der Waals surface area contributed by atoms with Crippen molar-refractivity contribution in [2.24, 2.45) is 0 Å².